The number of rotatable bonds is 9. The molecule has 3 nitrogen and oxygen atoms in total. The zero-order chi connectivity index (χ0) is 17.4. The van der Waals surface area contributed by atoms with E-state index in [4.69, 9.17) is 0 Å². The number of nitrogens with zero attached hydrogens (tertiary/aromatic N) is 3. The van der Waals surface area contributed by atoms with E-state index in [-0.39, 0.29) is 4.71 Å². The summed E-state index contributed by atoms with van der Waals surface area (Å²) < 4.78 is -0.0571. The van der Waals surface area contributed by atoms with Crippen LogP contribution in [0.25, 0.3) is 0 Å². The van der Waals surface area contributed by atoms with Gasteiger partial charge in [-0.1, -0.05) is 36.4 Å². The van der Waals surface area contributed by atoms with Gasteiger partial charge in [0.25, 0.3) is 0 Å². The topological polar surface area (TPSA) is 9.72 Å². The van der Waals surface area contributed by atoms with Gasteiger partial charge in [-0.15, -0.1) is 25.3 Å². The van der Waals surface area contributed by atoms with E-state index in [0.29, 0.717) is 0 Å². The SMILES string of the molecule is CN(CCN(CCN(C)c1ccccc1)C(S)S)c1ccccc1. The summed E-state index contributed by atoms with van der Waals surface area (Å²) in [6.07, 6.45) is 0. The fourth-order valence-corrected chi connectivity index (χ4v) is 2.98. The first-order chi connectivity index (χ1) is 11.6. The lowest BCUT2D eigenvalue weighted by Gasteiger charge is -2.30. The van der Waals surface area contributed by atoms with Crippen LogP contribution in [0.5, 0.6) is 0 Å². The number of hydrogen-bond donors (Lipinski definition) is 2. The van der Waals surface area contributed by atoms with Crippen LogP contribution in [0.1, 0.15) is 0 Å². The van der Waals surface area contributed by atoms with E-state index >= 15 is 0 Å². The molecule has 0 bridgehead atoms. The molecule has 0 atom stereocenters. The van der Waals surface area contributed by atoms with Crippen LogP contribution in [0.15, 0.2) is 60.7 Å². The number of anilines is 2. The van der Waals surface area contributed by atoms with Gasteiger partial charge in [0.05, 0.1) is 4.71 Å². The molecular formula is C19H27N3S2. The molecule has 0 fully saturated rings. The Hall–Kier alpha value is -1.30. The van der Waals surface area contributed by atoms with Crippen LogP contribution in [0.3, 0.4) is 0 Å². The van der Waals surface area contributed by atoms with Crippen molar-refractivity contribution in [2.75, 3.05) is 50.1 Å². The van der Waals surface area contributed by atoms with Gasteiger partial charge < -0.3 is 9.80 Å². The Morgan fingerprint density at radius 1 is 0.667 bits per heavy atom. The minimum Gasteiger partial charge on any atom is -0.373 e. The highest BCUT2D eigenvalue weighted by Crippen LogP contribution is 2.14. The van der Waals surface area contributed by atoms with Crippen LogP contribution >= 0.6 is 25.3 Å². The Morgan fingerprint density at radius 2 is 1.04 bits per heavy atom. The molecule has 0 aliphatic heterocycles. The Labute approximate surface area is 157 Å². The Morgan fingerprint density at radius 3 is 1.38 bits per heavy atom. The first-order valence-electron chi connectivity index (χ1n) is 8.20. The highest BCUT2D eigenvalue weighted by molar-refractivity contribution is 7.99. The zero-order valence-electron chi connectivity index (χ0n) is 14.4. The molecule has 130 valence electrons. The molecule has 2 aromatic carbocycles. The van der Waals surface area contributed by atoms with Crippen molar-refractivity contribution in [2.45, 2.75) is 4.71 Å². The van der Waals surface area contributed by atoms with Gasteiger partial charge in [-0.25, -0.2) is 0 Å². The molecule has 0 amide bonds. The Balaban J connectivity index is 1.83. The fourth-order valence-electron chi connectivity index (χ4n) is 2.52. The van der Waals surface area contributed by atoms with Gasteiger partial charge in [0, 0.05) is 51.6 Å². The number of hydrogen-bond acceptors (Lipinski definition) is 5. The lowest BCUT2D eigenvalue weighted by Crippen LogP contribution is -2.40. The van der Waals surface area contributed by atoms with E-state index in [1.807, 2.05) is 12.1 Å². The minimum atomic E-state index is -0.0571. The summed E-state index contributed by atoms with van der Waals surface area (Å²) in [4.78, 5) is 6.81. The minimum absolute atomic E-state index is 0.0571. The highest BCUT2D eigenvalue weighted by atomic mass is 32.2. The van der Waals surface area contributed by atoms with Gasteiger partial charge in [-0.05, 0) is 24.3 Å². The van der Waals surface area contributed by atoms with E-state index in [9.17, 15) is 0 Å². The smallest absolute Gasteiger partial charge is 0.0970 e. The van der Waals surface area contributed by atoms with E-state index in [1.165, 1.54) is 11.4 Å². The zero-order valence-corrected chi connectivity index (χ0v) is 16.2. The van der Waals surface area contributed by atoms with Gasteiger partial charge in [0.2, 0.25) is 0 Å². The van der Waals surface area contributed by atoms with Crippen molar-refractivity contribution < 1.29 is 0 Å². The van der Waals surface area contributed by atoms with Gasteiger partial charge in [0.1, 0.15) is 0 Å². The maximum atomic E-state index is 4.53. The van der Waals surface area contributed by atoms with Crippen LogP contribution in [0.4, 0.5) is 11.4 Å². The Kier molecular flexibility index (Phi) is 7.82. The van der Waals surface area contributed by atoms with E-state index in [2.05, 4.69) is 103 Å². The van der Waals surface area contributed by atoms with E-state index < -0.39 is 0 Å². The second kappa shape index (κ2) is 9.87. The third-order valence-corrected chi connectivity index (χ3v) is 4.82. The third kappa shape index (κ3) is 5.96. The van der Waals surface area contributed by atoms with Gasteiger partial charge in [-0.2, -0.15) is 0 Å². The van der Waals surface area contributed by atoms with Crippen LogP contribution < -0.4 is 9.80 Å². The standard InChI is InChI=1S/C19H27N3S2/c1-20(17-9-5-3-6-10-17)13-15-22(19(23)24)16-14-21(2)18-11-7-4-8-12-18/h3-12,19,23-24H,13-16H2,1-2H3. The van der Waals surface area contributed by atoms with Crippen LogP contribution in [0, 0.1) is 0 Å². The highest BCUT2D eigenvalue weighted by Gasteiger charge is 2.13. The molecule has 0 saturated carbocycles. The number of likely N-dealkylation sites (N-methyl/N-ethyl adjacent to an activating group) is 2. The molecule has 2 aromatic rings. The van der Waals surface area contributed by atoms with E-state index in [1.54, 1.807) is 0 Å². The maximum Gasteiger partial charge on any atom is 0.0970 e. The lowest BCUT2D eigenvalue weighted by molar-refractivity contribution is 0.320. The molecule has 0 aliphatic rings. The molecular weight excluding hydrogens is 334 g/mol. The number of benzene rings is 2. The van der Waals surface area contributed by atoms with Crippen LogP contribution in [-0.2, 0) is 0 Å². The van der Waals surface area contributed by atoms with Crippen molar-refractivity contribution in [3.63, 3.8) is 0 Å². The summed E-state index contributed by atoms with van der Waals surface area (Å²) in [6.45, 7) is 3.73. The Bertz CT molecular complexity index is 528. The van der Waals surface area contributed by atoms with Crippen LogP contribution in [0.2, 0.25) is 0 Å². The third-order valence-electron chi connectivity index (χ3n) is 4.17. The molecule has 2 rings (SSSR count). The van der Waals surface area contributed by atoms with Crippen LogP contribution in [-0.4, -0.2) is 49.9 Å². The quantitative estimate of drug-likeness (QED) is 0.521. The van der Waals surface area contributed by atoms with Crippen molar-refractivity contribution in [1.82, 2.24) is 4.90 Å². The average Bonchev–Trinajstić information content (AvgIpc) is 2.62. The molecule has 0 saturated heterocycles. The average molecular weight is 362 g/mol. The molecule has 0 aromatic heterocycles. The van der Waals surface area contributed by atoms with Crippen molar-refractivity contribution in [3.05, 3.63) is 60.7 Å². The predicted molar refractivity (Wildman–Crippen MR) is 113 cm³/mol. The molecule has 0 N–H and O–H groups in total. The van der Waals surface area contributed by atoms with Gasteiger partial charge in [-0.3, -0.25) is 4.90 Å². The summed E-state index contributed by atoms with van der Waals surface area (Å²) in [5, 5.41) is 0. The summed E-state index contributed by atoms with van der Waals surface area (Å²) in [5.41, 5.74) is 2.46. The molecule has 0 radical (unpaired) electrons. The summed E-state index contributed by atoms with van der Waals surface area (Å²) in [5.74, 6) is 0. The number of para-hydroxylation sites is 2. The first-order valence-corrected chi connectivity index (χ1v) is 9.24. The fraction of sp³-hybridized carbons (Fsp3) is 0.368. The molecule has 0 spiro atoms. The second-order valence-electron chi connectivity index (χ2n) is 5.90. The normalized spacial score (nSPS) is 11.1. The van der Waals surface area contributed by atoms with Crippen molar-refractivity contribution in [1.29, 1.82) is 0 Å². The van der Waals surface area contributed by atoms with Gasteiger partial charge in [0.15, 0.2) is 0 Å². The van der Waals surface area contributed by atoms with Gasteiger partial charge >= 0.3 is 0 Å². The van der Waals surface area contributed by atoms with Crippen molar-refractivity contribution in [3.8, 4) is 0 Å². The molecule has 0 aliphatic carbocycles. The monoisotopic (exact) mass is 361 g/mol. The summed E-state index contributed by atoms with van der Waals surface area (Å²) >= 11 is 9.05. The molecule has 5 heteroatoms. The van der Waals surface area contributed by atoms with Crippen molar-refractivity contribution >= 4 is 36.6 Å². The molecule has 24 heavy (non-hydrogen) atoms. The predicted octanol–water partition coefficient (Wildman–Crippen LogP) is 3.70. The molecule has 0 heterocycles. The second-order valence-corrected chi connectivity index (χ2v) is 7.28. The van der Waals surface area contributed by atoms with Crippen molar-refractivity contribution in [2.24, 2.45) is 0 Å². The maximum absolute atomic E-state index is 4.53. The molecule has 0 unspecified atom stereocenters. The largest absolute Gasteiger partial charge is 0.373 e. The summed E-state index contributed by atoms with van der Waals surface area (Å²) in [7, 11) is 4.24. The number of thiol groups is 2. The first kappa shape index (κ1) is 19.0. The lowest BCUT2D eigenvalue weighted by atomic mass is 10.3. The van der Waals surface area contributed by atoms with E-state index in [0.717, 1.165) is 26.2 Å². The summed E-state index contributed by atoms with van der Waals surface area (Å²) in [6, 6.07) is 20.9.